The van der Waals surface area contributed by atoms with Gasteiger partial charge in [0, 0.05) is 25.3 Å². The van der Waals surface area contributed by atoms with Crippen molar-refractivity contribution in [2.24, 2.45) is 5.92 Å². The molecule has 9 heteroatoms. The van der Waals surface area contributed by atoms with Crippen LogP contribution in [0.15, 0.2) is 29.2 Å². The first-order valence-corrected chi connectivity index (χ1v) is 11.4. The van der Waals surface area contributed by atoms with Crippen LogP contribution in [-0.2, 0) is 24.3 Å². The van der Waals surface area contributed by atoms with E-state index in [2.05, 4.69) is 5.32 Å². The number of nitrogens with zero attached hydrogens (tertiary/aromatic N) is 2. The SMILES string of the molecule is CCOC(=O)[C@H]1CCCN(CC(=O)Nc2ccc(S(=O)(=O)N(C)C(C)C)cc2)C1. The van der Waals surface area contributed by atoms with Crippen molar-refractivity contribution in [3.63, 3.8) is 0 Å². The number of likely N-dealkylation sites (tertiary alicyclic amines) is 1. The van der Waals surface area contributed by atoms with Gasteiger partial charge in [-0.2, -0.15) is 4.31 Å². The average molecular weight is 426 g/mol. The Morgan fingerprint density at radius 3 is 2.52 bits per heavy atom. The lowest BCUT2D eigenvalue weighted by Gasteiger charge is -2.30. The maximum Gasteiger partial charge on any atom is 0.310 e. The third kappa shape index (κ3) is 6.25. The van der Waals surface area contributed by atoms with Crippen LogP contribution in [0, 0.1) is 5.92 Å². The molecule has 0 bridgehead atoms. The minimum atomic E-state index is -3.56. The third-order valence-corrected chi connectivity index (χ3v) is 7.08. The van der Waals surface area contributed by atoms with E-state index in [1.165, 1.54) is 23.5 Å². The molecule has 0 aliphatic carbocycles. The maximum absolute atomic E-state index is 12.5. The number of ether oxygens (including phenoxy) is 1. The van der Waals surface area contributed by atoms with Gasteiger partial charge in [0.25, 0.3) is 0 Å². The van der Waals surface area contributed by atoms with Gasteiger partial charge in [0.05, 0.1) is 24.0 Å². The van der Waals surface area contributed by atoms with Gasteiger partial charge in [-0.3, -0.25) is 14.5 Å². The summed E-state index contributed by atoms with van der Waals surface area (Å²) in [6.07, 6.45) is 1.62. The van der Waals surface area contributed by atoms with Crippen molar-refractivity contribution in [1.82, 2.24) is 9.21 Å². The highest BCUT2D eigenvalue weighted by molar-refractivity contribution is 7.89. The molecule has 1 heterocycles. The van der Waals surface area contributed by atoms with Crippen molar-refractivity contribution >= 4 is 27.6 Å². The second-order valence-electron chi connectivity index (χ2n) is 7.51. The van der Waals surface area contributed by atoms with Gasteiger partial charge in [-0.25, -0.2) is 8.42 Å². The summed E-state index contributed by atoms with van der Waals surface area (Å²) in [5.74, 6) is -0.607. The zero-order valence-electron chi connectivity index (χ0n) is 17.6. The molecule has 1 aromatic carbocycles. The predicted octanol–water partition coefficient (Wildman–Crippen LogP) is 1.93. The molecule has 1 aliphatic heterocycles. The first-order chi connectivity index (χ1) is 13.6. The highest BCUT2D eigenvalue weighted by Gasteiger charge is 2.28. The fourth-order valence-electron chi connectivity index (χ4n) is 3.21. The first kappa shape index (κ1) is 23.3. The van der Waals surface area contributed by atoms with Gasteiger partial charge >= 0.3 is 5.97 Å². The highest BCUT2D eigenvalue weighted by atomic mass is 32.2. The zero-order chi connectivity index (χ0) is 21.6. The summed E-state index contributed by atoms with van der Waals surface area (Å²) < 4.78 is 31.4. The number of nitrogens with one attached hydrogen (secondary N) is 1. The van der Waals surface area contributed by atoms with E-state index in [0.29, 0.717) is 18.8 Å². The normalized spacial score (nSPS) is 18.1. The number of hydrogen-bond acceptors (Lipinski definition) is 6. The molecule has 29 heavy (non-hydrogen) atoms. The Bertz CT molecular complexity index is 808. The molecule has 0 aromatic heterocycles. The fourth-order valence-corrected chi connectivity index (χ4v) is 4.58. The molecule has 8 nitrogen and oxygen atoms in total. The largest absolute Gasteiger partial charge is 0.466 e. The van der Waals surface area contributed by atoms with Crippen molar-refractivity contribution < 1.29 is 22.7 Å². The number of carbonyl (C=O) groups excluding carboxylic acids is 2. The average Bonchev–Trinajstić information content (AvgIpc) is 2.68. The highest BCUT2D eigenvalue weighted by Crippen LogP contribution is 2.20. The second-order valence-corrected chi connectivity index (χ2v) is 9.51. The number of hydrogen-bond donors (Lipinski definition) is 1. The number of rotatable bonds is 8. The standard InChI is InChI=1S/C20H31N3O5S/c1-5-28-20(25)16-7-6-12-23(13-16)14-19(24)21-17-8-10-18(11-9-17)29(26,27)22(4)15(2)3/h8-11,15-16H,5-7,12-14H2,1-4H3,(H,21,24)/t16-/m0/s1. The number of amides is 1. The van der Waals surface area contributed by atoms with Crippen LogP contribution >= 0.6 is 0 Å². The van der Waals surface area contributed by atoms with Gasteiger partial charge in [0.2, 0.25) is 15.9 Å². The van der Waals surface area contributed by atoms with Crippen molar-refractivity contribution in [1.29, 1.82) is 0 Å². The van der Waals surface area contributed by atoms with Gasteiger partial charge in [-0.15, -0.1) is 0 Å². The topological polar surface area (TPSA) is 96.0 Å². The lowest BCUT2D eigenvalue weighted by Crippen LogP contribution is -2.43. The molecule has 1 aliphatic rings. The van der Waals surface area contributed by atoms with E-state index in [4.69, 9.17) is 4.74 Å². The van der Waals surface area contributed by atoms with Crippen LogP contribution in [0.2, 0.25) is 0 Å². The van der Waals surface area contributed by atoms with Crippen LogP contribution in [0.1, 0.15) is 33.6 Å². The Labute approximate surface area is 173 Å². The van der Waals surface area contributed by atoms with Crippen LogP contribution in [0.25, 0.3) is 0 Å². The molecule has 1 fully saturated rings. The Hall–Kier alpha value is -1.97. The number of benzene rings is 1. The zero-order valence-corrected chi connectivity index (χ0v) is 18.4. The molecule has 0 saturated carbocycles. The predicted molar refractivity (Wildman–Crippen MR) is 111 cm³/mol. The van der Waals surface area contributed by atoms with Crippen molar-refractivity contribution in [3.8, 4) is 0 Å². The summed E-state index contributed by atoms with van der Waals surface area (Å²) >= 11 is 0. The molecular weight excluding hydrogens is 394 g/mol. The molecule has 2 rings (SSSR count). The Kier molecular flexibility index (Phi) is 8.18. The fraction of sp³-hybridized carbons (Fsp3) is 0.600. The van der Waals surface area contributed by atoms with Gasteiger partial charge in [-0.1, -0.05) is 0 Å². The minimum absolute atomic E-state index is 0.151. The van der Waals surface area contributed by atoms with Gasteiger partial charge in [-0.05, 0) is 64.4 Å². The van der Waals surface area contributed by atoms with E-state index in [1.54, 1.807) is 32.9 Å². The summed E-state index contributed by atoms with van der Waals surface area (Å²) in [5, 5.41) is 2.78. The van der Waals surface area contributed by atoms with E-state index in [0.717, 1.165) is 19.4 Å². The molecular formula is C20H31N3O5S. The van der Waals surface area contributed by atoms with Gasteiger partial charge in [0.1, 0.15) is 0 Å². The van der Waals surface area contributed by atoms with Crippen LogP contribution < -0.4 is 5.32 Å². The van der Waals surface area contributed by atoms with Crippen LogP contribution in [0.3, 0.4) is 0 Å². The monoisotopic (exact) mass is 425 g/mol. The molecule has 1 amide bonds. The second kappa shape index (κ2) is 10.2. The van der Waals surface area contributed by atoms with Gasteiger partial charge in [0.15, 0.2) is 0 Å². The summed E-state index contributed by atoms with van der Waals surface area (Å²) in [6, 6.07) is 5.98. The lowest BCUT2D eigenvalue weighted by molar-refractivity contribution is -0.150. The maximum atomic E-state index is 12.5. The minimum Gasteiger partial charge on any atom is -0.466 e. The Morgan fingerprint density at radius 2 is 1.93 bits per heavy atom. The number of esters is 1. The molecule has 162 valence electrons. The summed E-state index contributed by atoms with van der Waals surface area (Å²) in [5.41, 5.74) is 0.528. The number of carbonyl (C=O) groups is 2. The summed E-state index contributed by atoms with van der Waals surface area (Å²) in [6.45, 7) is 7.18. The molecule has 0 unspecified atom stereocenters. The van der Waals surface area contributed by atoms with Crippen molar-refractivity contribution in [2.75, 3.05) is 38.6 Å². The van der Waals surface area contributed by atoms with Crippen molar-refractivity contribution in [2.45, 2.75) is 44.6 Å². The molecule has 1 N–H and O–H groups in total. The third-order valence-electron chi connectivity index (χ3n) is 5.03. The van der Waals surface area contributed by atoms with Gasteiger partial charge < -0.3 is 10.1 Å². The van der Waals surface area contributed by atoms with E-state index in [9.17, 15) is 18.0 Å². The molecule has 1 aromatic rings. The van der Waals surface area contributed by atoms with E-state index in [-0.39, 0.29) is 35.3 Å². The Morgan fingerprint density at radius 1 is 1.28 bits per heavy atom. The quantitative estimate of drug-likeness (QED) is 0.640. The van der Waals surface area contributed by atoms with Crippen molar-refractivity contribution in [3.05, 3.63) is 24.3 Å². The summed E-state index contributed by atoms with van der Waals surface area (Å²) in [4.78, 5) is 26.4. The molecule has 1 saturated heterocycles. The summed E-state index contributed by atoms with van der Waals surface area (Å²) in [7, 11) is -2.02. The van der Waals surface area contributed by atoms with Crippen LogP contribution in [0.5, 0.6) is 0 Å². The van der Waals surface area contributed by atoms with Crippen LogP contribution in [0.4, 0.5) is 5.69 Å². The van der Waals surface area contributed by atoms with E-state index >= 15 is 0 Å². The van der Waals surface area contributed by atoms with E-state index < -0.39 is 10.0 Å². The van der Waals surface area contributed by atoms with E-state index in [1.807, 2.05) is 4.90 Å². The lowest BCUT2D eigenvalue weighted by atomic mass is 9.98. The molecule has 0 radical (unpaired) electrons. The smallest absolute Gasteiger partial charge is 0.310 e. The number of piperidine rings is 1. The number of anilines is 1. The first-order valence-electron chi connectivity index (χ1n) is 9.92. The van der Waals surface area contributed by atoms with Crippen LogP contribution in [-0.4, -0.2) is 68.8 Å². The Balaban J connectivity index is 1.93. The molecule has 0 spiro atoms. The molecule has 1 atom stereocenters. The number of sulfonamides is 1.